The van der Waals surface area contributed by atoms with Crippen molar-refractivity contribution < 1.29 is 4.74 Å². The van der Waals surface area contributed by atoms with Crippen molar-refractivity contribution in [1.82, 2.24) is 4.37 Å². The maximum absolute atomic E-state index is 5.72. The Bertz CT molecular complexity index is 297. The van der Waals surface area contributed by atoms with Crippen LogP contribution in [0.1, 0.15) is 33.6 Å². The molecule has 1 rings (SSSR count). The summed E-state index contributed by atoms with van der Waals surface area (Å²) in [7, 11) is 0. The molecule has 0 aromatic carbocycles. The molecule has 0 unspecified atom stereocenters. The van der Waals surface area contributed by atoms with E-state index in [4.69, 9.17) is 10.5 Å². The second-order valence-corrected chi connectivity index (χ2v) is 4.09. The van der Waals surface area contributed by atoms with Crippen LogP contribution in [0.25, 0.3) is 0 Å². The van der Waals surface area contributed by atoms with Crippen LogP contribution in [0.3, 0.4) is 0 Å². The molecule has 5 heteroatoms. The smallest absolute Gasteiger partial charge is 0.197 e. The van der Waals surface area contributed by atoms with Gasteiger partial charge in [-0.05, 0) is 31.3 Å². The zero-order chi connectivity index (χ0) is 11.3. The lowest BCUT2D eigenvalue weighted by Crippen LogP contribution is -2.16. The fourth-order valence-electron chi connectivity index (χ4n) is 1.35. The number of hydrogen-bond acceptors (Lipinski definition) is 5. The summed E-state index contributed by atoms with van der Waals surface area (Å²) < 4.78 is 9.55. The molecule has 0 aliphatic heterocycles. The van der Waals surface area contributed by atoms with E-state index in [1.165, 1.54) is 11.5 Å². The number of nitrogens with two attached hydrogens (primary N) is 1. The Morgan fingerprint density at radius 2 is 2.07 bits per heavy atom. The highest BCUT2D eigenvalue weighted by molar-refractivity contribution is 7.11. The Balaban J connectivity index is 2.75. The second kappa shape index (κ2) is 5.80. The monoisotopic (exact) mass is 229 g/mol. The Hall–Kier alpha value is -0.970. The summed E-state index contributed by atoms with van der Waals surface area (Å²) in [6.07, 6.45) is 2.17. The fraction of sp³-hybridized carbons (Fsp3) is 0.700. The van der Waals surface area contributed by atoms with Crippen LogP contribution in [0.15, 0.2) is 0 Å². The molecule has 3 N–H and O–H groups in total. The zero-order valence-corrected chi connectivity index (χ0v) is 10.4. The van der Waals surface area contributed by atoms with Gasteiger partial charge in [0, 0.05) is 6.04 Å². The first-order valence-electron chi connectivity index (χ1n) is 5.37. The SMILES string of the molecule is CCOc1c(N)nsc1NC(CC)CC. The number of nitrogens with one attached hydrogen (secondary N) is 1. The first kappa shape index (κ1) is 12.1. The molecule has 1 aromatic heterocycles. The molecule has 0 aliphatic carbocycles. The molecular formula is C10H19N3OS. The lowest BCUT2D eigenvalue weighted by molar-refractivity contribution is 0.344. The van der Waals surface area contributed by atoms with Gasteiger partial charge >= 0.3 is 0 Å². The van der Waals surface area contributed by atoms with Gasteiger partial charge < -0.3 is 15.8 Å². The van der Waals surface area contributed by atoms with Crippen LogP contribution in [0.4, 0.5) is 10.8 Å². The van der Waals surface area contributed by atoms with Crippen LogP contribution >= 0.6 is 11.5 Å². The summed E-state index contributed by atoms with van der Waals surface area (Å²) in [6, 6.07) is 0.462. The molecule has 0 atom stereocenters. The minimum absolute atomic E-state index is 0.462. The van der Waals surface area contributed by atoms with Gasteiger partial charge in [0.25, 0.3) is 0 Å². The van der Waals surface area contributed by atoms with Crippen LogP contribution in [0, 0.1) is 0 Å². The average Bonchev–Trinajstić information content (AvgIpc) is 2.58. The number of nitrogens with zero attached hydrogens (tertiary/aromatic N) is 1. The first-order chi connectivity index (χ1) is 7.22. The summed E-state index contributed by atoms with van der Waals surface area (Å²) in [5, 5.41) is 4.35. The minimum Gasteiger partial charge on any atom is -0.487 e. The molecule has 0 aliphatic rings. The second-order valence-electron chi connectivity index (χ2n) is 3.32. The highest BCUT2D eigenvalue weighted by Crippen LogP contribution is 2.35. The van der Waals surface area contributed by atoms with Crippen LogP contribution < -0.4 is 15.8 Å². The standard InChI is InChI=1S/C10H19N3OS/c1-4-7(5-2)12-10-8(14-6-3)9(11)13-15-10/h7,12H,4-6H2,1-3H3,(H2,11,13). The molecule has 86 valence electrons. The summed E-state index contributed by atoms with van der Waals surface area (Å²) in [4.78, 5) is 0. The van der Waals surface area contributed by atoms with Gasteiger partial charge in [-0.25, -0.2) is 0 Å². The van der Waals surface area contributed by atoms with E-state index in [-0.39, 0.29) is 0 Å². The lowest BCUT2D eigenvalue weighted by Gasteiger charge is -2.15. The highest BCUT2D eigenvalue weighted by atomic mass is 32.1. The normalized spacial score (nSPS) is 10.7. The maximum Gasteiger partial charge on any atom is 0.197 e. The van der Waals surface area contributed by atoms with E-state index < -0.39 is 0 Å². The summed E-state index contributed by atoms with van der Waals surface area (Å²) in [5.74, 6) is 1.18. The van der Waals surface area contributed by atoms with Crippen molar-refractivity contribution in [3.8, 4) is 5.75 Å². The van der Waals surface area contributed by atoms with E-state index in [1.807, 2.05) is 6.92 Å². The Kier molecular flexibility index (Phi) is 4.68. The van der Waals surface area contributed by atoms with Crippen LogP contribution in [-0.2, 0) is 0 Å². The van der Waals surface area contributed by atoms with Gasteiger partial charge in [-0.1, -0.05) is 13.8 Å². The quantitative estimate of drug-likeness (QED) is 0.787. The predicted molar refractivity (Wildman–Crippen MR) is 65.7 cm³/mol. The molecule has 0 saturated carbocycles. The zero-order valence-electron chi connectivity index (χ0n) is 9.54. The van der Waals surface area contributed by atoms with Crippen molar-refractivity contribution in [3.05, 3.63) is 0 Å². The number of anilines is 2. The topological polar surface area (TPSA) is 60.2 Å². The Labute approximate surface area is 95.0 Å². The van der Waals surface area contributed by atoms with E-state index in [9.17, 15) is 0 Å². The van der Waals surface area contributed by atoms with Crippen LogP contribution in [-0.4, -0.2) is 17.0 Å². The first-order valence-corrected chi connectivity index (χ1v) is 6.14. The number of aromatic nitrogens is 1. The molecule has 0 saturated heterocycles. The van der Waals surface area contributed by atoms with Crippen molar-refractivity contribution >= 4 is 22.4 Å². The molecule has 0 bridgehead atoms. The van der Waals surface area contributed by atoms with Gasteiger partial charge in [0.05, 0.1) is 6.61 Å². The van der Waals surface area contributed by atoms with E-state index >= 15 is 0 Å². The van der Waals surface area contributed by atoms with E-state index in [0.29, 0.717) is 24.2 Å². The van der Waals surface area contributed by atoms with Crippen LogP contribution in [0.5, 0.6) is 5.75 Å². The molecule has 0 spiro atoms. The van der Waals surface area contributed by atoms with Gasteiger partial charge in [-0.15, -0.1) is 0 Å². The number of rotatable bonds is 6. The van der Waals surface area contributed by atoms with Crippen molar-refractivity contribution in [2.24, 2.45) is 0 Å². The van der Waals surface area contributed by atoms with Crippen molar-refractivity contribution in [2.45, 2.75) is 39.7 Å². The maximum atomic E-state index is 5.72. The van der Waals surface area contributed by atoms with Crippen LogP contribution in [0.2, 0.25) is 0 Å². The van der Waals surface area contributed by atoms with Gasteiger partial charge in [-0.2, -0.15) is 4.37 Å². The molecule has 15 heavy (non-hydrogen) atoms. The van der Waals surface area contributed by atoms with E-state index in [2.05, 4.69) is 23.5 Å². The van der Waals surface area contributed by atoms with Crippen molar-refractivity contribution in [1.29, 1.82) is 0 Å². The van der Waals surface area contributed by atoms with Gasteiger partial charge in [-0.3, -0.25) is 0 Å². The fourth-order valence-corrected chi connectivity index (χ4v) is 2.09. The lowest BCUT2D eigenvalue weighted by atomic mass is 10.2. The predicted octanol–water partition coefficient (Wildman–Crippen LogP) is 2.72. The Morgan fingerprint density at radius 1 is 1.40 bits per heavy atom. The third-order valence-electron chi connectivity index (χ3n) is 2.28. The van der Waals surface area contributed by atoms with E-state index in [1.54, 1.807) is 0 Å². The highest BCUT2D eigenvalue weighted by Gasteiger charge is 2.14. The molecule has 4 nitrogen and oxygen atoms in total. The summed E-state index contributed by atoms with van der Waals surface area (Å²) >= 11 is 1.36. The summed E-state index contributed by atoms with van der Waals surface area (Å²) in [5.41, 5.74) is 5.72. The molecular weight excluding hydrogens is 210 g/mol. The van der Waals surface area contributed by atoms with Gasteiger partial charge in [0.15, 0.2) is 16.6 Å². The van der Waals surface area contributed by atoms with Gasteiger partial charge in [0.2, 0.25) is 0 Å². The molecule has 1 heterocycles. The molecule has 1 aromatic rings. The number of nitrogen functional groups attached to an aromatic ring is 1. The summed E-state index contributed by atoms with van der Waals surface area (Å²) in [6.45, 7) is 6.87. The Morgan fingerprint density at radius 3 is 2.60 bits per heavy atom. The largest absolute Gasteiger partial charge is 0.487 e. The number of ether oxygens (including phenoxy) is 1. The van der Waals surface area contributed by atoms with Crippen molar-refractivity contribution in [2.75, 3.05) is 17.7 Å². The van der Waals surface area contributed by atoms with E-state index in [0.717, 1.165) is 17.8 Å². The van der Waals surface area contributed by atoms with Gasteiger partial charge in [0.1, 0.15) is 0 Å². The average molecular weight is 229 g/mol. The molecule has 0 fully saturated rings. The number of hydrogen-bond donors (Lipinski definition) is 2. The van der Waals surface area contributed by atoms with Crippen molar-refractivity contribution in [3.63, 3.8) is 0 Å². The minimum atomic E-state index is 0.462. The third-order valence-corrected chi connectivity index (χ3v) is 3.06. The molecule has 0 amide bonds. The molecule has 0 radical (unpaired) electrons. The third kappa shape index (κ3) is 2.99.